The fraction of sp³-hybridized carbons (Fsp3) is 0.214. The molecule has 1 fully saturated rings. The summed E-state index contributed by atoms with van der Waals surface area (Å²) in [5.74, 6) is 0. The summed E-state index contributed by atoms with van der Waals surface area (Å²) in [6, 6.07) is 15.2. The molecule has 1 aliphatic carbocycles. The lowest BCUT2D eigenvalue weighted by molar-refractivity contribution is 0.803. The van der Waals surface area contributed by atoms with Crippen LogP contribution in [0.4, 0.5) is 0 Å². The molecule has 1 aliphatic rings. The van der Waals surface area contributed by atoms with Crippen LogP contribution in [0, 0.1) is 6.07 Å². The lowest BCUT2D eigenvalue weighted by Gasteiger charge is -2.16. The second-order valence-electron chi connectivity index (χ2n) is 4.20. The second kappa shape index (κ2) is 3.60. The topological polar surface area (TPSA) is 12.9 Å². The Morgan fingerprint density at radius 3 is 2.56 bits per heavy atom. The lowest BCUT2D eigenvalue weighted by Crippen LogP contribution is -2.11. The summed E-state index contributed by atoms with van der Waals surface area (Å²) in [7, 11) is 0. The highest BCUT2D eigenvalue weighted by atomic mass is 35.5. The molecule has 1 aromatic heterocycles. The van der Waals surface area contributed by atoms with Crippen molar-refractivity contribution in [2.24, 2.45) is 0 Å². The molecule has 3 rings (SSSR count). The lowest BCUT2D eigenvalue weighted by atomic mass is 9.92. The predicted octanol–water partition coefficient (Wildman–Crippen LogP) is 3.62. The minimum Gasteiger partial charge on any atom is -0.259 e. The number of benzene rings is 1. The molecule has 0 amide bonds. The summed E-state index contributed by atoms with van der Waals surface area (Å²) < 4.78 is 0. The van der Waals surface area contributed by atoms with Crippen LogP contribution in [0.2, 0.25) is 5.02 Å². The van der Waals surface area contributed by atoms with Gasteiger partial charge in [-0.3, -0.25) is 4.98 Å². The van der Waals surface area contributed by atoms with Crippen molar-refractivity contribution in [3.63, 3.8) is 0 Å². The van der Waals surface area contributed by atoms with E-state index < -0.39 is 0 Å². The van der Waals surface area contributed by atoms with Gasteiger partial charge < -0.3 is 0 Å². The van der Waals surface area contributed by atoms with Gasteiger partial charge in [-0.15, -0.1) is 0 Å². The first-order valence-corrected chi connectivity index (χ1v) is 5.79. The predicted molar refractivity (Wildman–Crippen MR) is 64.5 cm³/mol. The Balaban J connectivity index is 2.11. The molecule has 0 N–H and O–H groups in total. The highest BCUT2D eigenvalue weighted by Gasteiger charge is 2.48. The van der Waals surface area contributed by atoms with Crippen molar-refractivity contribution in [2.45, 2.75) is 18.3 Å². The van der Waals surface area contributed by atoms with Gasteiger partial charge in [-0.2, -0.15) is 0 Å². The number of nitrogens with zero attached hydrogens (tertiary/aromatic N) is 1. The summed E-state index contributed by atoms with van der Waals surface area (Å²) in [6.07, 6.45) is 4.02. The zero-order chi connectivity index (χ0) is 11.0. The third kappa shape index (κ3) is 1.43. The van der Waals surface area contributed by atoms with Gasteiger partial charge in [0, 0.05) is 17.7 Å². The molecular formula is C14H11ClN. The summed E-state index contributed by atoms with van der Waals surface area (Å²) in [5.41, 5.74) is 2.34. The van der Waals surface area contributed by atoms with Gasteiger partial charge in [0.05, 0.1) is 10.7 Å². The van der Waals surface area contributed by atoms with Gasteiger partial charge in [0.25, 0.3) is 0 Å². The van der Waals surface area contributed by atoms with E-state index in [0.29, 0.717) is 5.02 Å². The average molecular weight is 229 g/mol. The maximum atomic E-state index is 6.18. The van der Waals surface area contributed by atoms with Gasteiger partial charge >= 0.3 is 0 Å². The van der Waals surface area contributed by atoms with E-state index >= 15 is 0 Å². The third-order valence-electron chi connectivity index (χ3n) is 3.23. The van der Waals surface area contributed by atoms with Crippen LogP contribution in [0.3, 0.4) is 0 Å². The third-order valence-corrected chi connectivity index (χ3v) is 3.51. The fourth-order valence-corrected chi connectivity index (χ4v) is 2.52. The minimum absolute atomic E-state index is 0.0517. The van der Waals surface area contributed by atoms with Crippen molar-refractivity contribution in [1.29, 1.82) is 0 Å². The van der Waals surface area contributed by atoms with E-state index in [1.54, 1.807) is 12.3 Å². The quantitative estimate of drug-likeness (QED) is 0.765. The van der Waals surface area contributed by atoms with E-state index in [2.05, 4.69) is 35.3 Å². The molecule has 0 atom stereocenters. The van der Waals surface area contributed by atoms with Crippen LogP contribution in [0.25, 0.3) is 0 Å². The van der Waals surface area contributed by atoms with E-state index in [1.165, 1.54) is 5.56 Å². The zero-order valence-corrected chi connectivity index (χ0v) is 9.54. The molecular weight excluding hydrogens is 218 g/mol. The van der Waals surface area contributed by atoms with Crippen molar-refractivity contribution in [3.05, 3.63) is 64.9 Å². The minimum atomic E-state index is 0.0517. The Bertz CT molecular complexity index is 503. The highest BCUT2D eigenvalue weighted by molar-refractivity contribution is 6.31. The van der Waals surface area contributed by atoms with Gasteiger partial charge in [-0.05, 0) is 24.5 Å². The molecule has 1 radical (unpaired) electrons. The average Bonchev–Trinajstić information content (AvgIpc) is 3.12. The summed E-state index contributed by atoms with van der Waals surface area (Å²) in [4.78, 5) is 4.43. The molecule has 1 aromatic carbocycles. The number of rotatable bonds is 2. The molecule has 0 bridgehead atoms. The maximum absolute atomic E-state index is 6.18. The molecule has 2 heteroatoms. The first kappa shape index (κ1) is 9.86. The zero-order valence-electron chi connectivity index (χ0n) is 8.78. The second-order valence-corrected chi connectivity index (χ2v) is 4.58. The maximum Gasteiger partial charge on any atom is 0.0709 e. The molecule has 79 valence electrons. The number of hydrogen-bond acceptors (Lipinski definition) is 1. The molecule has 0 saturated heterocycles. The van der Waals surface area contributed by atoms with Crippen LogP contribution in [0.15, 0.2) is 42.6 Å². The Hall–Kier alpha value is -1.34. The molecule has 16 heavy (non-hydrogen) atoms. The van der Waals surface area contributed by atoms with E-state index in [0.717, 1.165) is 18.5 Å². The van der Waals surface area contributed by atoms with Crippen LogP contribution in [-0.4, -0.2) is 4.98 Å². The van der Waals surface area contributed by atoms with Gasteiger partial charge in [0.1, 0.15) is 0 Å². The monoisotopic (exact) mass is 228 g/mol. The van der Waals surface area contributed by atoms with E-state index in [1.807, 2.05) is 6.07 Å². The summed E-state index contributed by atoms with van der Waals surface area (Å²) in [6.45, 7) is 0. The van der Waals surface area contributed by atoms with Crippen molar-refractivity contribution < 1.29 is 0 Å². The molecule has 0 aliphatic heterocycles. The standard InChI is InChI=1S/C14H11ClN/c15-12-7-4-10-16-13(12)14(8-9-14)11-5-2-1-3-6-11/h1-6,10H,8-9H2. The van der Waals surface area contributed by atoms with Crippen molar-refractivity contribution in [2.75, 3.05) is 0 Å². The Labute approximate surface area is 100 Å². The van der Waals surface area contributed by atoms with Crippen LogP contribution in [0.5, 0.6) is 0 Å². The van der Waals surface area contributed by atoms with Crippen LogP contribution in [0.1, 0.15) is 24.1 Å². The number of hydrogen-bond donors (Lipinski definition) is 0. The van der Waals surface area contributed by atoms with Crippen LogP contribution >= 0.6 is 11.6 Å². The van der Waals surface area contributed by atoms with Crippen LogP contribution in [-0.2, 0) is 5.41 Å². The number of aromatic nitrogens is 1. The number of pyridine rings is 1. The van der Waals surface area contributed by atoms with Gasteiger partial charge in [-0.1, -0.05) is 41.9 Å². The normalized spacial score (nSPS) is 17.1. The van der Waals surface area contributed by atoms with Crippen molar-refractivity contribution in [1.82, 2.24) is 4.98 Å². The van der Waals surface area contributed by atoms with E-state index in [9.17, 15) is 0 Å². The first-order chi connectivity index (χ1) is 7.83. The Kier molecular flexibility index (Phi) is 2.22. The molecule has 1 nitrogen and oxygen atoms in total. The Morgan fingerprint density at radius 2 is 1.94 bits per heavy atom. The largest absolute Gasteiger partial charge is 0.259 e. The highest BCUT2D eigenvalue weighted by Crippen LogP contribution is 2.54. The van der Waals surface area contributed by atoms with Gasteiger partial charge in [-0.25, -0.2) is 0 Å². The molecule has 1 heterocycles. The van der Waals surface area contributed by atoms with Crippen molar-refractivity contribution >= 4 is 11.6 Å². The van der Waals surface area contributed by atoms with E-state index in [-0.39, 0.29) is 5.41 Å². The van der Waals surface area contributed by atoms with Crippen LogP contribution < -0.4 is 0 Å². The van der Waals surface area contributed by atoms with E-state index in [4.69, 9.17) is 11.6 Å². The van der Waals surface area contributed by atoms with Gasteiger partial charge in [0.2, 0.25) is 0 Å². The summed E-state index contributed by atoms with van der Waals surface area (Å²) in [5, 5.41) is 0.656. The fourth-order valence-electron chi connectivity index (χ4n) is 2.23. The molecule has 1 saturated carbocycles. The molecule has 0 unspecified atom stereocenters. The molecule has 0 spiro atoms. The Morgan fingerprint density at radius 1 is 1.19 bits per heavy atom. The summed E-state index contributed by atoms with van der Waals surface area (Å²) >= 11 is 6.18. The first-order valence-electron chi connectivity index (χ1n) is 5.41. The molecule has 2 aromatic rings. The SMILES string of the molecule is Clc1[c]ccnc1C1(c2ccccc2)CC1. The van der Waals surface area contributed by atoms with Crippen molar-refractivity contribution in [3.8, 4) is 0 Å². The van der Waals surface area contributed by atoms with Gasteiger partial charge in [0.15, 0.2) is 0 Å². The number of halogens is 1. The smallest absolute Gasteiger partial charge is 0.0709 e.